The van der Waals surface area contributed by atoms with Crippen molar-refractivity contribution in [3.8, 4) is 11.3 Å². The summed E-state index contributed by atoms with van der Waals surface area (Å²) >= 11 is 0. The van der Waals surface area contributed by atoms with Gasteiger partial charge in [0.05, 0.1) is 17.5 Å². The van der Waals surface area contributed by atoms with Crippen molar-refractivity contribution >= 4 is 11.7 Å². The zero-order valence-electron chi connectivity index (χ0n) is 18.2. The maximum Gasteiger partial charge on any atom is 0.255 e. The highest BCUT2D eigenvalue weighted by Gasteiger charge is 2.19. The molecule has 10 heteroatoms. The fourth-order valence-electron chi connectivity index (χ4n) is 3.48. The number of amides is 1. The summed E-state index contributed by atoms with van der Waals surface area (Å²) in [7, 11) is 0. The fourth-order valence-corrected chi connectivity index (χ4v) is 3.48. The summed E-state index contributed by atoms with van der Waals surface area (Å²) in [6, 6.07) is 10.9. The second kappa shape index (κ2) is 10.6. The van der Waals surface area contributed by atoms with Crippen LogP contribution in [0.1, 0.15) is 27.2 Å². The SMILES string of the molecule is NCc1ncccc1CNC(=O)c1cc(F)c(-c2cn[nH]c2)nc1NCCc1cccc(F)c1. The van der Waals surface area contributed by atoms with E-state index in [0.29, 0.717) is 24.2 Å². The van der Waals surface area contributed by atoms with Crippen molar-refractivity contribution in [1.29, 1.82) is 0 Å². The minimum Gasteiger partial charge on any atom is -0.369 e. The summed E-state index contributed by atoms with van der Waals surface area (Å²) in [6.45, 7) is 0.759. The van der Waals surface area contributed by atoms with Crippen LogP contribution in [0.25, 0.3) is 11.3 Å². The monoisotopic (exact) mass is 463 g/mol. The number of aromatic nitrogens is 4. The molecular formula is C24H23F2N7O. The van der Waals surface area contributed by atoms with Crippen LogP contribution in [-0.2, 0) is 19.5 Å². The van der Waals surface area contributed by atoms with Crippen LogP contribution >= 0.6 is 0 Å². The second-order valence-electron chi connectivity index (χ2n) is 7.50. The zero-order chi connectivity index (χ0) is 23.9. The molecule has 3 heterocycles. The highest BCUT2D eigenvalue weighted by Crippen LogP contribution is 2.25. The van der Waals surface area contributed by atoms with E-state index in [1.807, 2.05) is 6.07 Å². The average Bonchev–Trinajstić information content (AvgIpc) is 3.38. The molecule has 4 rings (SSSR count). The maximum atomic E-state index is 14.9. The Balaban J connectivity index is 1.56. The average molecular weight is 463 g/mol. The van der Waals surface area contributed by atoms with Gasteiger partial charge >= 0.3 is 0 Å². The van der Waals surface area contributed by atoms with E-state index >= 15 is 0 Å². The number of nitrogens with zero attached hydrogens (tertiary/aromatic N) is 3. The third-order valence-electron chi connectivity index (χ3n) is 5.20. The van der Waals surface area contributed by atoms with Crippen LogP contribution in [0, 0.1) is 11.6 Å². The summed E-state index contributed by atoms with van der Waals surface area (Å²) in [6.07, 6.45) is 5.06. The van der Waals surface area contributed by atoms with E-state index in [1.165, 1.54) is 24.5 Å². The lowest BCUT2D eigenvalue weighted by molar-refractivity contribution is 0.0951. The first kappa shape index (κ1) is 23.0. The number of halogens is 2. The van der Waals surface area contributed by atoms with E-state index in [9.17, 15) is 13.6 Å². The number of rotatable bonds is 9. The Morgan fingerprint density at radius 2 is 2.03 bits per heavy atom. The summed E-state index contributed by atoms with van der Waals surface area (Å²) in [5.74, 6) is -1.29. The Labute approximate surface area is 194 Å². The molecular weight excluding hydrogens is 440 g/mol. The van der Waals surface area contributed by atoms with Crippen molar-refractivity contribution in [2.75, 3.05) is 11.9 Å². The number of carbonyl (C=O) groups is 1. The summed E-state index contributed by atoms with van der Waals surface area (Å²) in [5, 5.41) is 12.3. The minimum atomic E-state index is -0.661. The van der Waals surface area contributed by atoms with Crippen molar-refractivity contribution in [2.24, 2.45) is 5.73 Å². The van der Waals surface area contributed by atoms with Gasteiger partial charge in [0.2, 0.25) is 0 Å². The molecule has 34 heavy (non-hydrogen) atoms. The van der Waals surface area contributed by atoms with Crippen molar-refractivity contribution in [1.82, 2.24) is 25.5 Å². The van der Waals surface area contributed by atoms with Gasteiger partial charge in [0, 0.05) is 37.6 Å². The van der Waals surface area contributed by atoms with Crippen molar-refractivity contribution in [3.63, 3.8) is 0 Å². The van der Waals surface area contributed by atoms with Gasteiger partial charge in [-0.1, -0.05) is 18.2 Å². The number of nitrogens with one attached hydrogen (secondary N) is 3. The molecule has 0 aliphatic carbocycles. The van der Waals surface area contributed by atoms with E-state index in [4.69, 9.17) is 5.73 Å². The van der Waals surface area contributed by atoms with Crippen LogP contribution in [0.5, 0.6) is 0 Å². The predicted molar refractivity (Wildman–Crippen MR) is 124 cm³/mol. The molecule has 4 aromatic rings. The Morgan fingerprint density at radius 3 is 2.79 bits per heavy atom. The number of hydrogen-bond donors (Lipinski definition) is 4. The van der Waals surface area contributed by atoms with Crippen LogP contribution < -0.4 is 16.4 Å². The van der Waals surface area contributed by atoms with Gasteiger partial charge < -0.3 is 16.4 Å². The molecule has 3 aromatic heterocycles. The topological polar surface area (TPSA) is 122 Å². The van der Waals surface area contributed by atoms with Gasteiger partial charge in [-0.25, -0.2) is 13.8 Å². The first-order chi connectivity index (χ1) is 16.5. The quantitative estimate of drug-likeness (QED) is 0.303. The highest BCUT2D eigenvalue weighted by molar-refractivity contribution is 5.99. The maximum absolute atomic E-state index is 14.9. The molecule has 0 unspecified atom stereocenters. The minimum absolute atomic E-state index is 0.0437. The van der Waals surface area contributed by atoms with E-state index in [1.54, 1.807) is 24.4 Å². The molecule has 0 aliphatic rings. The van der Waals surface area contributed by atoms with Crippen LogP contribution in [0.4, 0.5) is 14.6 Å². The second-order valence-corrected chi connectivity index (χ2v) is 7.50. The Kier molecular flexibility index (Phi) is 7.19. The fraction of sp³-hybridized carbons (Fsp3) is 0.167. The zero-order valence-corrected chi connectivity index (χ0v) is 18.2. The molecule has 174 valence electrons. The molecule has 0 bridgehead atoms. The molecule has 0 saturated carbocycles. The lowest BCUT2D eigenvalue weighted by Crippen LogP contribution is -2.26. The molecule has 5 N–H and O–H groups in total. The van der Waals surface area contributed by atoms with Crippen molar-refractivity contribution in [2.45, 2.75) is 19.5 Å². The van der Waals surface area contributed by atoms with Crippen LogP contribution in [0.2, 0.25) is 0 Å². The number of benzene rings is 1. The number of carbonyl (C=O) groups excluding carboxylic acids is 1. The van der Waals surface area contributed by atoms with Crippen molar-refractivity contribution in [3.05, 3.63) is 95.1 Å². The number of aromatic amines is 1. The van der Waals surface area contributed by atoms with Gasteiger partial charge in [-0.2, -0.15) is 5.10 Å². The molecule has 8 nitrogen and oxygen atoms in total. The van der Waals surface area contributed by atoms with E-state index in [2.05, 4.69) is 30.8 Å². The van der Waals surface area contributed by atoms with Crippen LogP contribution in [0.15, 0.2) is 61.1 Å². The molecule has 0 saturated heterocycles. The molecule has 0 spiro atoms. The highest BCUT2D eigenvalue weighted by atomic mass is 19.1. The third-order valence-corrected chi connectivity index (χ3v) is 5.20. The lowest BCUT2D eigenvalue weighted by Gasteiger charge is -2.14. The number of H-pyrrole nitrogens is 1. The molecule has 0 aliphatic heterocycles. The van der Waals surface area contributed by atoms with Gasteiger partial charge in [0.25, 0.3) is 5.91 Å². The largest absolute Gasteiger partial charge is 0.369 e. The standard InChI is InChI=1S/C24H23F2N7O/c25-18-5-1-3-15(9-18)6-8-29-23-19(10-20(26)22(33-23)17-13-31-32-14-17)24(34)30-12-16-4-2-7-28-21(16)11-27/h1-5,7,9-10,13-14H,6,8,11-12,27H2,(H,29,33)(H,30,34)(H,31,32). The van der Waals surface area contributed by atoms with Crippen molar-refractivity contribution < 1.29 is 13.6 Å². The molecule has 1 aromatic carbocycles. The van der Waals surface area contributed by atoms with Crippen LogP contribution in [0.3, 0.4) is 0 Å². The van der Waals surface area contributed by atoms with Gasteiger partial charge in [-0.05, 0) is 41.8 Å². The Bertz CT molecular complexity index is 1280. The first-order valence-corrected chi connectivity index (χ1v) is 10.6. The number of hydrogen-bond acceptors (Lipinski definition) is 6. The van der Waals surface area contributed by atoms with E-state index in [-0.39, 0.29) is 36.0 Å². The normalized spacial score (nSPS) is 10.8. The van der Waals surface area contributed by atoms with E-state index < -0.39 is 11.7 Å². The van der Waals surface area contributed by atoms with Crippen LogP contribution in [-0.4, -0.2) is 32.6 Å². The Morgan fingerprint density at radius 1 is 1.15 bits per heavy atom. The smallest absolute Gasteiger partial charge is 0.255 e. The molecule has 0 atom stereocenters. The molecule has 0 fully saturated rings. The molecule has 0 radical (unpaired) electrons. The van der Waals surface area contributed by atoms with Gasteiger partial charge in [0.15, 0.2) is 5.82 Å². The molecule has 1 amide bonds. The third kappa shape index (κ3) is 5.41. The lowest BCUT2D eigenvalue weighted by atomic mass is 10.1. The summed E-state index contributed by atoms with van der Waals surface area (Å²) in [4.78, 5) is 21.5. The summed E-state index contributed by atoms with van der Waals surface area (Å²) < 4.78 is 28.4. The number of pyridine rings is 2. The number of nitrogens with two attached hydrogens (primary N) is 1. The summed E-state index contributed by atoms with van der Waals surface area (Å²) in [5.41, 5.74) is 8.46. The first-order valence-electron chi connectivity index (χ1n) is 10.6. The predicted octanol–water partition coefficient (Wildman–Crippen LogP) is 3.19. The van der Waals surface area contributed by atoms with E-state index in [0.717, 1.165) is 17.2 Å². The van der Waals surface area contributed by atoms with Gasteiger partial charge in [-0.3, -0.25) is 14.9 Å². The number of anilines is 1. The van der Waals surface area contributed by atoms with Gasteiger partial charge in [-0.15, -0.1) is 0 Å². The van der Waals surface area contributed by atoms with Gasteiger partial charge in [0.1, 0.15) is 17.3 Å². The Hall–Kier alpha value is -4.18.